The van der Waals surface area contributed by atoms with Crippen LogP contribution in [0.4, 0.5) is 5.69 Å². The topological polar surface area (TPSA) is 104 Å². The number of benzene rings is 2. The van der Waals surface area contributed by atoms with E-state index in [0.717, 1.165) is 25.8 Å². The lowest BCUT2D eigenvalue weighted by Crippen LogP contribution is -2.47. The molecule has 0 saturated heterocycles. The van der Waals surface area contributed by atoms with Crippen LogP contribution in [0.25, 0.3) is 0 Å². The summed E-state index contributed by atoms with van der Waals surface area (Å²) in [6.45, 7) is 8.18. The number of fused-ring (bicyclic) bond motifs is 1. The van der Waals surface area contributed by atoms with Gasteiger partial charge in [-0.25, -0.2) is 0 Å². The first-order valence-electron chi connectivity index (χ1n) is 15.5. The molecule has 1 aliphatic rings. The maximum atomic E-state index is 14.3. The van der Waals surface area contributed by atoms with Gasteiger partial charge in [-0.15, -0.1) is 0 Å². The maximum Gasteiger partial charge on any atom is 0.258 e. The zero-order valence-electron chi connectivity index (χ0n) is 26.3. The van der Waals surface area contributed by atoms with E-state index in [1.807, 2.05) is 32.0 Å². The first-order valence-corrected chi connectivity index (χ1v) is 15.5. The van der Waals surface area contributed by atoms with Crippen molar-refractivity contribution in [2.24, 2.45) is 5.92 Å². The van der Waals surface area contributed by atoms with Crippen LogP contribution in [0, 0.1) is 5.92 Å². The molecule has 0 unspecified atom stereocenters. The first kappa shape index (κ1) is 33.1. The van der Waals surface area contributed by atoms with E-state index in [9.17, 15) is 14.7 Å². The Labute approximate surface area is 261 Å². The van der Waals surface area contributed by atoms with E-state index < -0.39 is 6.04 Å². The van der Waals surface area contributed by atoms with E-state index in [1.54, 1.807) is 59.8 Å². The molecule has 0 aliphatic carbocycles. The third kappa shape index (κ3) is 9.35. The fourth-order valence-electron chi connectivity index (χ4n) is 5.43. The monoisotopic (exact) mass is 602 g/mol. The van der Waals surface area contributed by atoms with Gasteiger partial charge in [0.25, 0.3) is 11.8 Å². The lowest BCUT2D eigenvalue weighted by atomic mass is 10.0. The van der Waals surface area contributed by atoms with Gasteiger partial charge in [-0.1, -0.05) is 25.1 Å². The fourth-order valence-corrected chi connectivity index (χ4v) is 5.43. The molecule has 9 heteroatoms. The highest BCUT2D eigenvalue weighted by atomic mass is 16.5. The van der Waals surface area contributed by atoms with Crippen LogP contribution in [0.1, 0.15) is 66.3 Å². The summed E-state index contributed by atoms with van der Waals surface area (Å²) in [5.41, 5.74) is 2.53. The number of nitrogens with zero attached hydrogens (tertiary/aromatic N) is 3. The number of anilines is 1. The number of rotatable bonds is 8. The smallest absolute Gasteiger partial charge is 0.258 e. The van der Waals surface area contributed by atoms with Gasteiger partial charge in [-0.3, -0.25) is 19.5 Å². The molecule has 1 aliphatic heterocycles. The Morgan fingerprint density at radius 2 is 1.86 bits per heavy atom. The average molecular weight is 603 g/mol. The van der Waals surface area contributed by atoms with E-state index in [4.69, 9.17) is 9.47 Å². The number of aliphatic hydroxyl groups is 1. The molecule has 4 atom stereocenters. The number of ether oxygens (including phenoxy) is 2. The predicted octanol–water partition coefficient (Wildman–Crippen LogP) is 5.26. The number of hydrogen-bond donors (Lipinski definition) is 2. The molecular formula is C35H46N4O5. The van der Waals surface area contributed by atoms with Crippen molar-refractivity contribution in [3.8, 4) is 5.75 Å². The van der Waals surface area contributed by atoms with E-state index >= 15 is 0 Å². The summed E-state index contributed by atoms with van der Waals surface area (Å²) in [6, 6.07) is 17.7. The highest BCUT2D eigenvalue weighted by Crippen LogP contribution is 2.29. The molecule has 44 heavy (non-hydrogen) atoms. The van der Waals surface area contributed by atoms with Crippen LogP contribution in [0.15, 0.2) is 73.1 Å². The molecule has 2 amide bonds. The highest BCUT2D eigenvalue weighted by molar-refractivity contribution is 6.05. The van der Waals surface area contributed by atoms with Crippen LogP contribution in [0.5, 0.6) is 5.75 Å². The van der Waals surface area contributed by atoms with Crippen molar-refractivity contribution in [1.82, 2.24) is 14.8 Å². The van der Waals surface area contributed by atoms with Crippen LogP contribution in [0.2, 0.25) is 0 Å². The standard InChI is InChI=1S/C35H46N4O5/c1-25-21-39(26(2)24-40)35(42)31-20-30(37-34(41)29-11-6-5-7-12-29)13-14-32(31)44-27(3)10-8-9-19-43-33(25)23-38(4)22-28-15-17-36-18-16-28/h5-7,11-18,20,25-27,33,40H,8-10,19,21-24H2,1-4H3,(H,37,41)/t25-,26+,27-,33-/m1/s1. The molecule has 1 aromatic heterocycles. The number of aromatic nitrogens is 1. The second-order valence-corrected chi connectivity index (χ2v) is 11.9. The van der Waals surface area contributed by atoms with E-state index in [1.165, 1.54) is 5.56 Å². The molecule has 4 rings (SSSR count). The van der Waals surface area contributed by atoms with Gasteiger partial charge in [0.2, 0.25) is 0 Å². The number of likely N-dealkylation sites (N-methyl/N-ethyl adjacent to an activating group) is 1. The molecule has 9 nitrogen and oxygen atoms in total. The molecule has 2 aromatic carbocycles. The van der Waals surface area contributed by atoms with Gasteiger partial charge in [0.1, 0.15) is 5.75 Å². The van der Waals surface area contributed by atoms with Crippen LogP contribution in [-0.2, 0) is 11.3 Å². The second kappa shape index (κ2) is 16.3. The van der Waals surface area contributed by atoms with Gasteiger partial charge in [-0.05, 0) is 88.2 Å². The number of hydrogen-bond acceptors (Lipinski definition) is 7. The highest BCUT2D eigenvalue weighted by Gasteiger charge is 2.30. The largest absolute Gasteiger partial charge is 0.490 e. The predicted molar refractivity (Wildman–Crippen MR) is 172 cm³/mol. The zero-order chi connectivity index (χ0) is 31.5. The van der Waals surface area contributed by atoms with Gasteiger partial charge >= 0.3 is 0 Å². The Morgan fingerprint density at radius 1 is 1.11 bits per heavy atom. The lowest BCUT2D eigenvalue weighted by molar-refractivity contribution is -0.0177. The minimum absolute atomic E-state index is 0.0277. The van der Waals surface area contributed by atoms with Crippen molar-refractivity contribution >= 4 is 17.5 Å². The number of carbonyl (C=O) groups excluding carboxylic acids is 2. The first-order chi connectivity index (χ1) is 21.2. The Hall–Kier alpha value is -3.79. The fraction of sp³-hybridized carbons (Fsp3) is 0.457. The van der Waals surface area contributed by atoms with Crippen molar-refractivity contribution in [2.45, 2.75) is 64.8 Å². The molecule has 0 saturated carbocycles. The molecule has 2 N–H and O–H groups in total. The number of pyridine rings is 1. The second-order valence-electron chi connectivity index (χ2n) is 11.9. The number of amides is 2. The normalized spacial score (nSPS) is 20.7. The molecule has 0 radical (unpaired) electrons. The maximum absolute atomic E-state index is 14.3. The summed E-state index contributed by atoms with van der Waals surface area (Å²) in [6.07, 6.45) is 5.97. The van der Waals surface area contributed by atoms with Crippen molar-refractivity contribution in [1.29, 1.82) is 0 Å². The molecule has 0 bridgehead atoms. The lowest BCUT2D eigenvalue weighted by Gasteiger charge is -2.36. The SMILES string of the molecule is C[C@@H]1CCCCO[C@H](CN(C)Cc2ccncc2)[C@H](C)CN([C@@H](C)CO)C(=O)c2cc(NC(=O)c3ccccc3)ccc2O1. The van der Waals surface area contributed by atoms with Crippen LogP contribution in [0.3, 0.4) is 0 Å². The summed E-state index contributed by atoms with van der Waals surface area (Å²) in [5, 5.41) is 13.1. The minimum atomic E-state index is -0.444. The average Bonchev–Trinajstić information content (AvgIpc) is 3.03. The minimum Gasteiger partial charge on any atom is -0.490 e. The van der Waals surface area contributed by atoms with E-state index in [2.05, 4.69) is 29.2 Å². The third-order valence-electron chi connectivity index (χ3n) is 8.04. The Balaban J connectivity index is 1.61. The summed E-state index contributed by atoms with van der Waals surface area (Å²) in [4.78, 5) is 35.3. The molecule has 236 valence electrons. The molecule has 2 heterocycles. The summed E-state index contributed by atoms with van der Waals surface area (Å²) >= 11 is 0. The quantitative estimate of drug-likeness (QED) is 0.363. The van der Waals surface area contributed by atoms with Gasteiger partial charge in [0.15, 0.2) is 0 Å². The third-order valence-corrected chi connectivity index (χ3v) is 8.04. The molecule has 0 spiro atoms. The molecule has 3 aromatic rings. The van der Waals surface area contributed by atoms with Crippen molar-refractivity contribution < 1.29 is 24.2 Å². The number of nitrogens with one attached hydrogen (secondary N) is 1. The van der Waals surface area contributed by atoms with Crippen LogP contribution >= 0.6 is 0 Å². The van der Waals surface area contributed by atoms with E-state index in [0.29, 0.717) is 42.3 Å². The number of carbonyl (C=O) groups is 2. The van der Waals surface area contributed by atoms with Crippen molar-refractivity contribution in [2.75, 3.05) is 38.7 Å². The van der Waals surface area contributed by atoms with E-state index in [-0.39, 0.29) is 36.5 Å². The summed E-state index contributed by atoms with van der Waals surface area (Å²) < 4.78 is 12.8. The van der Waals surface area contributed by atoms with Crippen LogP contribution < -0.4 is 10.1 Å². The molecular weight excluding hydrogens is 556 g/mol. The Bertz CT molecular complexity index is 1340. The Kier molecular flexibility index (Phi) is 12.3. The summed E-state index contributed by atoms with van der Waals surface area (Å²) in [5.74, 6) is -0.0967. The van der Waals surface area contributed by atoms with Gasteiger partial charge < -0.3 is 24.8 Å². The van der Waals surface area contributed by atoms with Gasteiger partial charge in [0, 0.05) is 55.8 Å². The van der Waals surface area contributed by atoms with Crippen LogP contribution in [-0.4, -0.2) is 83.3 Å². The van der Waals surface area contributed by atoms with Crippen molar-refractivity contribution in [3.63, 3.8) is 0 Å². The summed E-state index contributed by atoms with van der Waals surface area (Å²) in [7, 11) is 2.07. The van der Waals surface area contributed by atoms with Crippen molar-refractivity contribution in [3.05, 3.63) is 89.7 Å². The van der Waals surface area contributed by atoms with Gasteiger partial charge in [0.05, 0.1) is 30.4 Å². The Morgan fingerprint density at radius 3 is 2.59 bits per heavy atom. The number of aliphatic hydroxyl groups excluding tert-OH is 1. The van der Waals surface area contributed by atoms with Gasteiger partial charge in [-0.2, -0.15) is 0 Å². The zero-order valence-corrected chi connectivity index (χ0v) is 26.3. The molecule has 0 fully saturated rings.